The van der Waals surface area contributed by atoms with Gasteiger partial charge in [-0.2, -0.15) is 4.98 Å². The Morgan fingerprint density at radius 1 is 1.13 bits per heavy atom. The van der Waals surface area contributed by atoms with E-state index in [1.54, 1.807) is 18.2 Å². The van der Waals surface area contributed by atoms with Gasteiger partial charge in [0.15, 0.2) is 0 Å². The third-order valence-electron chi connectivity index (χ3n) is 5.05. The first-order chi connectivity index (χ1) is 14.5. The highest BCUT2D eigenvalue weighted by molar-refractivity contribution is 5.79. The Hall–Kier alpha value is -3.49. The fraction of sp³-hybridized carbons (Fsp3) is 0.286. The Labute approximate surface area is 171 Å². The number of benzene rings is 2. The number of halogens is 2. The van der Waals surface area contributed by atoms with Crippen LogP contribution in [0.1, 0.15) is 30.3 Å². The van der Waals surface area contributed by atoms with Crippen LogP contribution >= 0.6 is 0 Å². The molecule has 7 nitrogen and oxygen atoms in total. The summed E-state index contributed by atoms with van der Waals surface area (Å²) in [5.41, 5.74) is 0.437. The van der Waals surface area contributed by atoms with Gasteiger partial charge in [-0.05, 0) is 30.7 Å². The maximum atomic E-state index is 14.1. The summed E-state index contributed by atoms with van der Waals surface area (Å²) in [6, 6.07) is 8.21. The van der Waals surface area contributed by atoms with Crippen LogP contribution in [0.15, 0.2) is 40.9 Å². The number of ether oxygens (including phenoxy) is 2. The van der Waals surface area contributed by atoms with E-state index in [9.17, 15) is 13.6 Å². The maximum Gasteiger partial charge on any atom is 0.249 e. The molecule has 0 spiro atoms. The second-order valence-corrected chi connectivity index (χ2v) is 6.83. The molecule has 0 bridgehead atoms. The van der Waals surface area contributed by atoms with E-state index in [-0.39, 0.29) is 30.3 Å². The molecule has 156 valence electrons. The predicted octanol–water partition coefficient (Wildman–Crippen LogP) is 3.90. The van der Waals surface area contributed by atoms with Gasteiger partial charge >= 0.3 is 0 Å². The number of nitrogens with zero attached hydrogens (tertiary/aromatic N) is 3. The van der Waals surface area contributed by atoms with Crippen LogP contribution in [-0.4, -0.2) is 35.2 Å². The smallest absolute Gasteiger partial charge is 0.249 e. The minimum absolute atomic E-state index is 0.171. The van der Waals surface area contributed by atoms with Crippen molar-refractivity contribution in [2.24, 2.45) is 0 Å². The van der Waals surface area contributed by atoms with Gasteiger partial charge in [-0.3, -0.25) is 4.79 Å². The van der Waals surface area contributed by atoms with Gasteiger partial charge in [-0.1, -0.05) is 11.2 Å². The molecule has 1 aromatic heterocycles. The van der Waals surface area contributed by atoms with Crippen LogP contribution in [0.25, 0.3) is 11.4 Å². The van der Waals surface area contributed by atoms with E-state index in [1.165, 1.54) is 25.2 Å². The fourth-order valence-corrected chi connectivity index (χ4v) is 3.47. The molecule has 2 heterocycles. The van der Waals surface area contributed by atoms with Crippen molar-refractivity contribution in [3.8, 4) is 22.9 Å². The number of carbonyl (C=O) groups is 1. The number of aromatic nitrogens is 2. The van der Waals surface area contributed by atoms with Crippen LogP contribution in [0.5, 0.6) is 11.5 Å². The van der Waals surface area contributed by atoms with E-state index in [0.717, 1.165) is 12.1 Å². The minimum Gasteiger partial charge on any atom is -0.497 e. The van der Waals surface area contributed by atoms with Crippen LogP contribution in [0.4, 0.5) is 8.78 Å². The zero-order valence-corrected chi connectivity index (χ0v) is 16.4. The van der Waals surface area contributed by atoms with Gasteiger partial charge in [-0.25, -0.2) is 8.78 Å². The number of amides is 1. The predicted molar refractivity (Wildman–Crippen MR) is 102 cm³/mol. The first-order valence-electron chi connectivity index (χ1n) is 9.29. The Bertz CT molecular complexity index is 1040. The number of carbonyl (C=O) groups excluding carboxylic acids is 1. The molecular weight excluding hydrogens is 396 g/mol. The van der Waals surface area contributed by atoms with Gasteiger partial charge in [0.25, 0.3) is 0 Å². The van der Waals surface area contributed by atoms with Crippen molar-refractivity contribution in [3.63, 3.8) is 0 Å². The normalized spacial score (nSPS) is 16.2. The summed E-state index contributed by atoms with van der Waals surface area (Å²) >= 11 is 0. The van der Waals surface area contributed by atoms with Crippen molar-refractivity contribution >= 4 is 5.91 Å². The van der Waals surface area contributed by atoms with Crippen LogP contribution in [0.2, 0.25) is 0 Å². The first-order valence-corrected chi connectivity index (χ1v) is 9.29. The molecule has 0 saturated carbocycles. The molecule has 0 aliphatic carbocycles. The molecule has 3 aromatic rings. The van der Waals surface area contributed by atoms with Crippen molar-refractivity contribution in [1.82, 2.24) is 15.0 Å². The number of methoxy groups -OCH3 is 2. The molecule has 9 heteroatoms. The van der Waals surface area contributed by atoms with Crippen LogP contribution in [0, 0.1) is 11.6 Å². The molecule has 1 aliphatic heterocycles. The van der Waals surface area contributed by atoms with Crippen LogP contribution < -0.4 is 9.47 Å². The lowest BCUT2D eigenvalue weighted by Crippen LogP contribution is -2.28. The SMILES string of the molecule is COc1cc(OC)cc(-c2noc(C3CCC(=O)N3Cc3c(F)cccc3F)n2)c1. The Balaban J connectivity index is 1.63. The van der Waals surface area contributed by atoms with Crippen molar-refractivity contribution < 1.29 is 27.6 Å². The lowest BCUT2D eigenvalue weighted by molar-refractivity contribution is -0.130. The molecule has 0 N–H and O–H groups in total. The Morgan fingerprint density at radius 3 is 2.43 bits per heavy atom. The highest BCUT2D eigenvalue weighted by Crippen LogP contribution is 2.35. The molecule has 1 saturated heterocycles. The summed E-state index contributed by atoms with van der Waals surface area (Å²) in [5, 5.41) is 4.00. The van der Waals surface area contributed by atoms with Gasteiger partial charge in [0, 0.05) is 23.6 Å². The van der Waals surface area contributed by atoms with E-state index < -0.39 is 17.7 Å². The van der Waals surface area contributed by atoms with Gasteiger partial charge in [-0.15, -0.1) is 0 Å². The van der Waals surface area contributed by atoms with E-state index in [1.807, 2.05) is 0 Å². The molecule has 1 unspecified atom stereocenters. The second-order valence-electron chi connectivity index (χ2n) is 6.83. The molecule has 2 aromatic carbocycles. The van der Waals surface area contributed by atoms with Gasteiger partial charge in [0.1, 0.15) is 29.2 Å². The monoisotopic (exact) mass is 415 g/mol. The molecule has 1 atom stereocenters. The third kappa shape index (κ3) is 3.70. The van der Waals surface area contributed by atoms with Crippen molar-refractivity contribution in [2.75, 3.05) is 14.2 Å². The average Bonchev–Trinajstić information content (AvgIpc) is 3.37. The number of hydrogen-bond acceptors (Lipinski definition) is 6. The van der Waals surface area contributed by atoms with Crippen molar-refractivity contribution in [1.29, 1.82) is 0 Å². The fourth-order valence-electron chi connectivity index (χ4n) is 3.47. The highest BCUT2D eigenvalue weighted by atomic mass is 19.1. The maximum absolute atomic E-state index is 14.1. The molecule has 0 radical (unpaired) electrons. The molecule has 1 aliphatic rings. The Kier molecular flexibility index (Phi) is 5.35. The number of likely N-dealkylation sites (tertiary alicyclic amines) is 1. The molecule has 1 amide bonds. The summed E-state index contributed by atoms with van der Waals surface area (Å²) in [7, 11) is 3.06. The lowest BCUT2D eigenvalue weighted by atomic mass is 10.1. The first kappa shape index (κ1) is 19.8. The second kappa shape index (κ2) is 8.10. The number of hydrogen-bond donors (Lipinski definition) is 0. The summed E-state index contributed by atoms with van der Waals surface area (Å²) in [5.74, 6) is -0.0310. The van der Waals surface area contributed by atoms with Crippen molar-refractivity contribution in [3.05, 3.63) is 59.5 Å². The van der Waals surface area contributed by atoms with E-state index in [0.29, 0.717) is 29.3 Å². The zero-order chi connectivity index (χ0) is 21.3. The molecule has 4 rings (SSSR count). The van der Waals surface area contributed by atoms with E-state index >= 15 is 0 Å². The topological polar surface area (TPSA) is 77.7 Å². The largest absolute Gasteiger partial charge is 0.497 e. The number of rotatable bonds is 6. The van der Waals surface area contributed by atoms with Crippen molar-refractivity contribution in [2.45, 2.75) is 25.4 Å². The summed E-state index contributed by atoms with van der Waals surface area (Å²) < 4.78 is 44.1. The summed E-state index contributed by atoms with van der Waals surface area (Å²) in [6.45, 7) is -0.216. The van der Waals surface area contributed by atoms with Crippen LogP contribution in [0.3, 0.4) is 0 Å². The molecule has 30 heavy (non-hydrogen) atoms. The summed E-state index contributed by atoms with van der Waals surface area (Å²) in [6.07, 6.45) is 0.642. The molecular formula is C21H19F2N3O4. The molecule has 1 fully saturated rings. The van der Waals surface area contributed by atoms with Gasteiger partial charge in [0.2, 0.25) is 17.6 Å². The Morgan fingerprint density at radius 2 is 1.80 bits per heavy atom. The average molecular weight is 415 g/mol. The zero-order valence-electron chi connectivity index (χ0n) is 16.4. The quantitative estimate of drug-likeness (QED) is 0.608. The van der Waals surface area contributed by atoms with E-state index in [4.69, 9.17) is 14.0 Å². The van der Waals surface area contributed by atoms with Gasteiger partial charge < -0.3 is 18.9 Å². The summed E-state index contributed by atoms with van der Waals surface area (Å²) in [4.78, 5) is 18.2. The van der Waals surface area contributed by atoms with Crippen LogP contribution in [-0.2, 0) is 11.3 Å². The lowest BCUT2D eigenvalue weighted by Gasteiger charge is -2.22. The van der Waals surface area contributed by atoms with E-state index in [2.05, 4.69) is 10.1 Å². The third-order valence-corrected chi connectivity index (χ3v) is 5.05. The standard InChI is InChI=1S/C21H19F2N3O4/c1-28-13-8-12(9-14(10-13)29-2)20-24-21(30-25-20)18-6-7-19(27)26(18)11-15-16(22)4-3-5-17(15)23/h3-5,8-10,18H,6-7,11H2,1-2H3. The highest BCUT2D eigenvalue weighted by Gasteiger charge is 2.37. The minimum atomic E-state index is -0.705. The van der Waals surface area contributed by atoms with Gasteiger partial charge in [0.05, 0.1) is 20.8 Å².